The number of amides is 3. The molecule has 0 aromatic carbocycles. The maximum atomic E-state index is 11.3. The van der Waals surface area contributed by atoms with Crippen LogP contribution in [0.5, 0.6) is 0 Å². The van der Waals surface area contributed by atoms with E-state index >= 15 is 0 Å². The van der Waals surface area contributed by atoms with E-state index in [4.69, 9.17) is 0 Å². The van der Waals surface area contributed by atoms with E-state index in [9.17, 15) is 9.59 Å². The lowest BCUT2D eigenvalue weighted by molar-refractivity contribution is -0.124. The van der Waals surface area contributed by atoms with Gasteiger partial charge >= 0.3 is 6.03 Å². The van der Waals surface area contributed by atoms with Crippen molar-refractivity contribution in [2.45, 2.75) is 18.9 Å². The molecule has 0 saturated carbocycles. The summed E-state index contributed by atoms with van der Waals surface area (Å²) in [5.74, 6) is -0.0823. The molecular weight excluding hydrogens is 170 g/mol. The van der Waals surface area contributed by atoms with E-state index in [0.717, 1.165) is 12.8 Å². The van der Waals surface area contributed by atoms with Crippen LogP contribution in [0, 0.1) is 0 Å². The first-order valence-corrected chi connectivity index (χ1v) is 4.40. The topological polar surface area (TPSA) is 61.4 Å². The third-order valence-electron chi connectivity index (χ3n) is 2.28. The molecule has 0 aromatic heterocycles. The number of nitrogens with one attached hydrogen (secondary N) is 2. The largest absolute Gasteiger partial charge is 0.357 e. The van der Waals surface area contributed by atoms with Crippen LogP contribution in [-0.4, -0.2) is 43.5 Å². The van der Waals surface area contributed by atoms with Crippen molar-refractivity contribution in [2.24, 2.45) is 0 Å². The summed E-state index contributed by atoms with van der Waals surface area (Å²) in [4.78, 5) is 24.2. The minimum Gasteiger partial charge on any atom is -0.357 e. The predicted octanol–water partition coefficient (Wildman–Crippen LogP) is -0.464. The van der Waals surface area contributed by atoms with Crippen molar-refractivity contribution in [1.82, 2.24) is 15.5 Å². The Labute approximate surface area is 77.5 Å². The molecule has 0 spiro atoms. The zero-order valence-corrected chi connectivity index (χ0v) is 7.96. The number of rotatable bonds is 1. The molecule has 1 atom stereocenters. The molecule has 5 heteroatoms. The van der Waals surface area contributed by atoms with Gasteiger partial charge in [0.15, 0.2) is 0 Å². The highest BCUT2D eigenvalue weighted by Crippen LogP contribution is 2.16. The summed E-state index contributed by atoms with van der Waals surface area (Å²) in [6.45, 7) is 0.664. The molecule has 5 nitrogen and oxygen atoms in total. The van der Waals surface area contributed by atoms with Gasteiger partial charge in [-0.05, 0) is 12.8 Å². The second-order valence-electron chi connectivity index (χ2n) is 3.02. The van der Waals surface area contributed by atoms with E-state index in [1.807, 2.05) is 0 Å². The van der Waals surface area contributed by atoms with Gasteiger partial charge in [0.1, 0.15) is 6.04 Å². The van der Waals surface area contributed by atoms with Crippen LogP contribution in [0.25, 0.3) is 0 Å². The van der Waals surface area contributed by atoms with Crippen molar-refractivity contribution >= 4 is 11.9 Å². The molecule has 0 aliphatic carbocycles. The molecule has 1 unspecified atom stereocenters. The van der Waals surface area contributed by atoms with Gasteiger partial charge in [-0.1, -0.05) is 0 Å². The summed E-state index contributed by atoms with van der Waals surface area (Å²) in [7, 11) is 3.16. The van der Waals surface area contributed by atoms with Crippen LogP contribution in [0.15, 0.2) is 0 Å². The third kappa shape index (κ3) is 1.91. The molecule has 74 valence electrons. The number of likely N-dealkylation sites (N-methyl/N-ethyl adjacent to an activating group) is 1. The van der Waals surface area contributed by atoms with Gasteiger partial charge in [-0.2, -0.15) is 0 Å². The fourth-order valence-electron chi connectivity index (χ4n) is 1.59. The molecule has 2 N–H and O–H groups in total. The Morgan fingerprint density at radius 1 is 1.31 bits per heavy atom. The molecule has 1 heterocycles. The minimum atomic E-state index is -0.287. The molecule has 1 aliphatic heterocycles. The van der Waals surface area contributed by atoms with Gasteiger partial charge in [0.05, 0.1) is 0 Å². The maximum absolute atomic E-state index is 11.3. The van der Waals surface area contributed by atoms with Crippen molar-refractivity contribution in [1.29, 1.82) is 0 Å². The molecule has 0 aromatic rings. The summed E-state index contributed by atoms with van der Waals surface area (Å²) in [6.07, 6.45) is 1.65. The van der Waals surface area contributed by atoms with E-state index in [-0.39, 0.29) is 18.0 Å². The van der Waals surface area contributed by atoms with Crippen molar-refractivity contribution in [3.63, 3.8) is 0 Å². The number of likely N-dealkylation sites (tertiary alicyclic amines) is 1. The molecule has 1 aliphatic rings. The monoisotopic (exact) mass is 185 g/mol. The lowest BCUT2D eigenvalue weighted by Crippen LogP contribution is -2.48. The number of carbonyl (C=O) groups is 2. The molecule has 0 bridgehead atoms. The van der Waals surface area contributed by atoms with Gasteiger partial charge in [0, 0.05) is 20.6 Å². The lowest BCUT2D eigenvalue weighted by Gasteiger charge is -2.22. The SMILES string of the molecule is CNC(=O)C1CCCN1C(=O)NC. The zero-order valence-electron chi connectivity index (χ0n) is 7.96. The van der Waals surface area contributed by atoms with E-state index in [1.54, 1.807) is 19.0 Å². The molecule has 1 saturated heterocycles. The molecule has 3 amide bonds. The van der Waals surface area contributed by atoms with Crippen molar-refractivity contribution in [2.75, 3.05) is 20.6 Å². The standard InChI is InChI=1S/C8H15N3O2/c1-9-7(12)6-4-3-5-11(6)8(13)10-2/h6H,3-5H2,1-2H3,(H,9,12)(H,10,13). The van der Waals surface area contributed by atoms with Crippen LogP contribution in [0.4, 0.5) is 4.79 Å². The van der Waals surface area contributed by atoms with Gasteiger partial charge in [-0.3, -0.25) is 4.79 Å². The number of carbonyl (C=O) groups excluding carboxylic acids is 2. The Morgan fingerprint density at radius 2 is 2.00 bits per heavy atom. The van der Waals surface area contributed by atoms with E-state index < -0.39 is 0 Å². The highest BCUT2D eigenvalue weighted by atomic mass is 16.2. The Kier molecular flexibility index (Phi) is 3.11. The van der Waals surface area contributed by atoms with Crippen LogP contribution in [0.2, 0.25) is 0 Å². The first kappa shape index (κ1) is 9.83. The highest BCUT2D eigenvalue weighted by Gasteiger charge is 2.32. The van der Waals surface area contributed by atoms with Crippen LogP contribution in [-0.2, 0) is 4.79 Å². The Hall–Kier alpha value is -1.26. The Balaban J connectivity index is 2.63. The second-order valence-corrected chi connectivity index (χ2v) is 3.02. The maximum Gasteiger partial charge on any atom is 0.317 e. The molecular formula is C8H15N3O2. The average Bonchev–Trinajstić information content (AvgIpc) is 2.63. The van der Waals surface area contributed by atoms with Gasteiger partial charge in [-0.25, -0.2) is 4.79 Å². The number of hydrogen-bond acceptors (Lipinski definition) is 2. The van der Waals surface area contributed by atoms with Crippen molar-refractivity contribution < 1.29 is 9.59 Å². The predicted molar refractivity (Wildman–Crippen MR) is 48.3 cm³/mol. The van der Waals surface area contributed by atoms with Crippen LogP contribution >= 0.6 is 0 Å². The highest BCUT2D eigenvalue weighted by molar-refractivity contribution is 5.87. The fraction of sp³-hybridized carbons (Fsp3) is 0.750. The smallest absolute Gasteiger partial charge is 0.317 e. The number of hydrogen-bond donors (Lipinski definition) is 2. The van der Waals surface area contributed by atoms with Crippen LogP contribution < -0.4 is 10.6 Å². The van der Waals surface area contributed by atoms with E-state index in [1.165, 1.54) is 0 Å². The van der Waals surface area contributed by atoms with Gasteiger partial charge < -0.3 is 15.5 Å². The Morgan fingerprint density at radius 3 is 2.54 bits per heavy atom. The quantitative estimate of drug-likeness (QED) is 0.580. The number of urea groups is 1. The van der Waals surface area contributed by atoms with E-state index in [0.29, 0.717) is 6.54 Å². The first-order valence-electron chi connectivity index (χ1n) is 4.40. The zero-order chi connectivity index (χ0) is 9.84. The molecule has 0 radical (unpaired) electrons. The van der Waals surface area contributed by atoms with Gasteiger partial charge in [0.25, 0.3) is 0 Å². The normalized spacial score (nSPS) is 21.4. The number of nitrogens with zero attached hydrogens (tertiary/aromatic N) is 1. The fourth-order valence-corrected chi connectivity index (χ4v) is 1.59. The molecule has 1 rings (SSSR count). The summed E-state index contributed by atoms with van der Waals surface area (Å²) in [5, 5.41) is 5.08. The summed E-state index contributed by atoms with van der Waals surface area (Å²) >= 11 is 0. The summed E-state index contributed by atoms with van der Waals surface area (Å²) in [6, 6.07) is -0.462. The summed E-state index contributed by atoms with van der Waals surface area (Å²) < 4.78 is 0. The van der Waals surface area contributed by atoms with Crippen LogP contribution in [0.1, 0.15) is 12.8 Å². The average molecular weight is 185 g/mol. The minimum absolute atomic E-state index is 0.0823. The molecule has 1 fully saturated rings. The van der Waals surface area contributed by atoms with E-state index in [2.05, 4.69) is 10.6 Å². The van der Waals surface area contributed by atoms with Gasteiger partial charge in [0.2, 0.25) is 5.91 Å². The van der Waals surface area contributed by atoms with Crippen LogP contribution in [0.3, 0.4) is 0 Å². The lowest BCUT2D eigenvalue weighted by atomic mass is 10.2. The third-order valence-corrected chi connectivity index (χ3v) is 2.28. The summed E-state index contributed by atoms with van der Waals surface area (Å²) in [5.41, 5.74) is 0. The van der Waals surface area contributed by atoms with Crippen molar-refractivity contribution in [3.8, 4) is 0 Å². The molecule has 13 heavy (non-hydrogen) atoms. The Bertz CT molecular complexity index is 195. The first-order chi connectivity index (χ1) is 6.20. The van der Waals surface area contributed by atoms with Crippen molar-refractivity contribution in [3.05, 3.63) is 0 Å². The van der Waals surface area contributed by atoms with Gasteiger partial charge in [-0.15, -0.1) is 0 Å². The second kappa shape index (κ2) is 4.11.